The van der Waals surface area contributed by atoms with Crippen LogP contribution in [-0.2, 0) is 0 Å². The lowest BCUT2D eigenvalue weighted by atomic mass is 9.88. The maximum Gasteiger partial charge on any atom is 0.198 e. The van der Waals surface area contributed by atoms with Crippen molar-refractivity contribution in [3.05, 3.63) is 48.0 Å². The number of amidine groups is 1. The number of nitrogens with zero attached hydrogens (tertiary/aromatic N) is 1. The van der Waals surface area contributed by atoms with Gasteiger partial charge >= 0.3 is 0 Å². The van der Waals surface area contributed by atoms with Gasteiger partial charge in [-0.25, -0.2) is 4.98 Å². The third-order valence-corrected chi connectivity index (χ3v) is 3.78. The van der Waals surface area contributed by atoms with Crippen LogP contribution in [0.3, 0.4) is 0 Å². The molecule has 1 aromatic heterocycles. The number of ether oxygens (including phenoxy) is 1. The van der Waals surface area contributed by atoms with E-state index in [1.807, 2.05) is 24.3 Å². The van der Waals surface area contributed by atoms with Crippen molar-refractivity contribution in [2.24, 2.45) is 5.73 Å². The predicted molar refractivity (Wildman–Crippen MR) is 89.0 cm³/mol. The van der Waals surface area contributed by atoms with Gasteiger partial charge in [-0.15, -0.1) is 0 Å². The number of imidazole rings is 1. The third-order valence-electron chi connectivity index (χ3n) is 3.78. The summed E-state index contributed by atoms with van der Waals surface area (Å²) in [5.41, 5.74) is 6.50. The molecule has 6 heteroatoms. The van der Waals surface area contributed by atoms with Crippen molar-refractivity contribution < 1.29 is 9.53 Å². The van der Waals surface area contributed by atoms with Gasteiger partial charge in [0, 0.05) is 25.2 Å². The van der Waals surface area contributed by atoms with Crippen molar-refractivity contribution >= 4 is 11.6 Å². The Hall–Kier alpha value is -2.63. The molecule has 0 fully saturated rings. The molecule has 1 heterocycles. The van der Waals surface area contributed by atoms with Crippen LogP contribution in [0.15, 0.2) is 36.7 Å². The molecular weight excluding hydrogens is 292 g/mol. The minimum atomic E-state index is -0.0151. The lowest BCUT2D eigenvalue weighted by molar-refractivity contribution is 0.0963. The van der Waals surface area contributed by atoms with Crippen LogP contribution >= 0.6 is 0 Å². The first kappa shape index (κ1) is 16.7. The van der Waals surface area contributed by atoms with Crippen molar-refractivity contribution in [2.45, 2.75) is 31.6 Å². The van der Waals surface area contributed by atoms with Crippen molar-refractivity contribution in [1.29, 1.82) is 5.41 Å². The van der Waals surface area contributed by atoms with E-state index in [1.165, 1.54) is 0 Å². The summed E-state index contributed by atoms with van der Waals surface area (Å²) in [7, 11) is 1.62. The third kappa shape index (κ3) is 4.95. The fourth-order valence-corrected chi connectivity index (χ4v) is 2.54. The highest BCUT2D eigenvalue weighted by atomic mass is 16.5. The van der Waals surface area contributed by atoms with Crippen molar-refractivity contribution in [3.8, 4) is 5.75 Å². The van der Waals surface area contributed by atoms with Gasteiger partial charge in [0.1, 0.15) is 5.75 Å². The summed E-state index contributed by atoms with van der Waals surface area (Å²) >= 11 is 0. The molecule has 0 saturated carbocycles. The van der Waals surface area contributed by atoms with Gasteiger partial charge < -0.3 is 15.5 Å². The largest absolute Gasteiger partial charge is 0.497 e. The van der Waals surface area contributed by atoms with Crippen LogP contribution in [0.25, 0.3) is 0 Å². The minimum absolute atomic E-state index is 0.0151. The number of rotatable bonds is 9. The Bertz CT molecular complexity index is 635. The fourth-order valence-electron chi connectivity index (χ4n) is 2.54. The second-order valence-electron chi connectivity index (χ2n) is 5.45. The van der Waals surface area contributed by atoms with E-state index < -0.39 is 0 Å². The van der Waals surface area contributed by atoms with Gasteiger partial charge in [0.2, 0.25) is 0 Å². The molecule has 4 N–H and O–H groups in total. The summed E-state index contributed by atoms with van der Waals surface area (Å²) in [5, 5.41) is 7.33. The van der Waals surface area contributed by atoms with E-state index in [1.54, 1.807) is 19.5 Å². The van der Waals surface area contributed by atoms with Crippen LogP contribution < -0.4 is 10.5 Å². The highest BCUT2D eigenvalue weighted by Gasteiger charge is 2.18. The normalized spacial score (nSPS) is 11.9. The number of H-pyrrole nitrogens is 1. The molecule has 0 saturated heterocycles. The van der Waals surface area contributed by atoms with Crippen molar-refractivity contribution in [3.63, 3.8) is 0 Å². The van der Waals surface area contributed by atoms with Crippen LogP contribution in [0.2, 0.25) is 0 Å². The summed E-state index contributed by atoms with van der Waals surface area (Å²) in [6.45, 7) is 0. The quantitative estimate of drug-likeness (QED) is 0.376. The summed E-state index contributed by atoms with van der Waals surface area (Å²) in [6, 6.07) is 7.74. The van der Waals surface area contributed by atoms with Gasteiger partial charge in [-0.2, -0.15) is 0 Å². The van der Waals surface area contributed by atoms with E-state index in [0.29, 0.717) is 18.7 Å². The van der Waals surface area contributed by atoms with Gasteiger partial charge in [0.05, 0.1) is 12.9 Å². The number of carbonyl (C=O) groups excluding carboxylic acids is 1. The zero-order valence-corrected chi connectivity index (χ0v) is 13.2. The molecule has 0 amide bonds. The number of Topliss-reactive ketones (excluding diaryl/α,β-unsaturated/α-hetero) is 1. The molecule has 0 aliphatic rings. The molecule has 1 aromatic carbocycles. The molecule has 0 radical (unpaired) electrons. The summed E-state index contributed by atoms with van der Waals surface area (Å²) < 4.78 is 5.17. The fraction of sp³-hybridized carbons (Fsp3) is 0.353. The molecule has 2 rings (SSSR count). The lowest BCUT2D eigenvalue weighted by Gasteiger charge is -2.16. The Labute approximate surface area is 135 Å². The Balaban J connectivity index is 2.09. The molecule has 23 heavy (non-hydrogen) atoms. The molecule has 0 spiro atoms. The number of aromatic nitrogens is 2. The number of carbonyl (C=O) groups is 1. The lowest BCUT2D eigenvalue weighted by Crippen LogP contribution is -2.12. The van der Waals surface area contributed by atoms with Crippen molar-refractivity contribution in [1.82, 2.24) is 9.97 Å². The number of aromatic amines is 1. The van der Waals surface area contributed by atoms with Gasteiger partial charge in [0.25, 0.3) is 0 Å². The number of benzene rings is 1. The summed E-state index contributed by atoms with van der Waals surface area (Å²) in [4.78, 5) is 19.2. The molecule has 0 aliphatic heterocycles. The van der Waals surface area contributed by atoms with E-state index in [2.05, 4.69) is 9.97 Å². The highest BCUT2D eigenvalue weighted by Crippen LogP contribution is 2.28. The number of methoxy groups -OCH3 is 1. The van der Waals surface area contributed by atoms with Gasteiger partial charge in [-0.1, -0.05) is 12.1 Å². The van der Waals surface area contributed by atoms with E-state index in [-0.39, 0.29) is 17.5 Å². The van der Waals surface area contributed by atoms with Crippen LogP contribution in [0.5, 0.6) is 5.75 Å². The first-order valence-electron chi connectivity index (χ1n) is 7.59. The minimum Gasteiger partial charge on any atom is -0.497 e. The second-order valence-corrected chi connectivity index (χ2v) is 5.45. The standard InChI is InChI=1S/C17H22N4O2/c1-23-14-7-5-12(6-8-14)13(3-2-4-16(18)19)11-15(22)17-20-9-10-21-17/h5-10,13H,2-4,11H2,1H3,(H3,18,19)(H,20,21). The summed E-state index contributed by atoms with van der Waals surface area (Å²) in [5.74, 6) is 1.40. The van der Waals surface area contributed by atoms with Gasteiger partial charge in [-0.05, 0) is 36.5 Å². The molecule has 122 valence electrons. The van der Waals surface area contributed by atoms with Crippen LogP contribution in [-0.4, -0.2) is 28.7 Å². The smallest absolute Gasteiger partial charge is 0.198 e. The van der Waals surface area contributed by atoms with E-state index in [4.69, 9.17) is 15.9 Å². The molecule has 0 aliphatic carbocycles. The first-order chi connectivity index (χ1) is 11.1. The van der Waals surface area contributed by atoms with Crippen LogP contribution in [0, 0.1) is 5.41 Å². The molecule has 6 nitrogen and oxygen atoms in total. The zero-order valence-electron chi connectivity index (χ0n) is 13.2. The van der Waals surface area contributed by atoms with Gasteiger partial charge in [-0.3, -0.25) is 10.2 Å². The predicted octanol–water partition coefficient (Wildman–Crippen LogP) is 2.88. The summed E-state index contributed by atoms with van der Waals surface area (Å²) in [6.07, 6.45) is 5.70. The Kier molecular flexibility index (Phi) is 5.91. The van der Waals surface area contributed by atoms with E-state index in [9.17, 15) is 4.79 Å². The second kappa shape index (κ2) is 8.12. The average molecular weight is 314 g/mol. The molecule has 1 unspecified atom stereocenters. The van der Waals surface area contributed by atoms with E-state index >= 15 is 0 Å². The average Bonchev–Trinajstić information content (AvgIpc) is 3.08. The first-order valence-corrected chi connectivity index (χ1v) is 7.59. The maximum absolute atomic E-state index is 12.3. The molecule has 2 aromatic rings. The molecule has 1 atom stereocenters. The Morgan fingerprint density at radius 2 is 2.13 bits per heavy atom. The number of hydrogen-bond acceptors (Lipinski definition) is 4. The topological polar surface area (TPSA) is 105 Å². The van der Waals surface area contributed by atoms with Crippen molar-refractivity contribution in [2.75, 3.05) is 7.11 Å². The SMILES string of the molecule is COc1ccc(C(CCCC(=N)N)CC(=O)c2ncc[nH]2)cc1. The Morgan fingerprint density at radius 3 is 2.70 bits per heavy atom. The number of ketones is 1. The number of nitrogens with one attached hydrogen (secondary N) is 2. The molecular formula is C17H22N4O2. The van der Waals surface area contributed by atoms with Crippen LogP contribution in [0.4, 0.5) is 0 Å². The molecule has 0 bridgehead atoms. The van der Waals surface area contributed by atoms with Gasteiger partial charge in [0.15, 0.2) is 11.6 Å². The highest BCUT2D eigenvalue weighted by molar-refractivity contribution is 5.93. The maximum atomic E-state index is 12.3. The van der Waals surface area contributed by atoms with Crippen LogP contribution in [0.1, 0.15) is 47.8 Å². The monoisotopic (exact) mass is 314 g/mol. The number of hydrogen-bond donors (Lipinski definition) is 3. The van der Waals surface area contributed by atoms with E-state index in [0.717, 1.165) is 24.2 Å². The number of nitrogens with two attached hydrogens (primary N) is 1. The Morgan fingerprint density at radius 1 is 1.39 bits per heavy atom. The zero-order chi connectivity index (χ0) is 16.7.